The first-order valence-electron chi connectivity index (χ1n) is 1.87. The minimum atomic E-state index is -3.80. The minimum absolute atomic E-state index is 0.346. The lowest BCUT2D eigenvalue weighted by molar-refractivity contribution is 0.489. The largest absolute Gasteiger partial charge is 0.285 e. The maximum atomic E-state index is 9.73. The molecule has 0 aromatic rings. The first-order valence-corrected chi connectivity index (χ1v) is 3.37. The van der Waals surface area contributed by atoms with Crippen LogP contribution in [0.2, 0.25) is 0 Å². The topological polar surface area (TPSA) is 54.4 Å². The van der Waals surface area contributed by atoms with Crippen LogP contribution in [0, 0.1) is 5.75 Å². The van der Waals surface area contributed by atoms with E-state index < -0.39 is 10.1 Å². The van der Waals surface area contributed by atoms with Crippen molar-refractivity contribution in [2.24, 2.45) is 0 Å². The van der Waals surface area contributed by atoms with Crippen molar-refractivity contribution < 1.29 is 13.0 Å². The molecule has 4 heteroatoms. The molecule has 0 spiro atoms. The summed E-state index contributed by atoms with van der Waals surface area (Å²) in [6.07, 6.45) is 0.346. The molecule has 1 radical (unpaired) electrons. The van der Waals surface area contributed by atoms with Crippen molar-refractivity contribution in [2.45, 2.75) is 13.3 Å². The second kappa shape index (κ2) is 2.28. The van der Waals surface area contributed by atoms with Crippen LogP contribution in [0.4, 0.5) is 0 Å². The Bertz CT molecular complexity index is 123. The molecule has 0 bridgehead atoms. The molecule has 0 fully saturated rings. The van der Waals surface area contributed by atoms with Crippen LogP contribution in [0.3, 0.4) is 0 Å². The van der Waals surface area contributed by atoms with E-state index in [2.05, 4.69) is 0 Å². The predicted octanol–water partition coefficient (Wildman–Crippen LogP) is 0.446. The Hall–Kier alpha value is -0.0900. The van der Waals surface area contributed by atoms with Gasteiger partial charge < -0.3 is 0 Å². The van der Waals surface area contributed by atoms with Crippen molar-refractivity contribution in [2.75, 3.05) is 0 Å². The quantitative estimate of drug-likeness (QED) is 0.542. The number of hydrogen-bond acceptors (Lipinski definition) is 2. The fourth-order valence-electron chi connectivity index (χ4n) is 0.211. The molecule has 43 valence electrons. The monoisotopic (exact) mass is 123 g/mol. The lowest BCUT2D eigenvalue weighted by atomic mass is 10.6. The van der Waals surface area contributed by atoms with E-state index in [9.17, 15) is 8.42 Å². The molecule has 0 aliphatic heterocycles. The average Bonchev–Trinajstić information content (AvgIpc) is 1.30. The molecule has 0 saturated carbocycles. The second-order valence-corrected chi connectivity index (χ2v) is 2.45. The van der Waals surface area contributed by atoms with Crippen LogP contribution in [0.5, 0.6) is 0 Å². The third-order valence-electron chi connectivity index (χ3n) is 0.377. The summed E-state index contributed by atoms with van der Waals surface area (Å²) in [7, 11) is -3.80. The first-order chi connectivity index (χ1) is 3.06. The van der Waals surface area contributed by atoms with Crippen LogP contribution in [-0.4, -0.2) is 13.0 Å². The molecule has 0 aromatic carbocycles. The lowest BCUT2D eigenvalue weighted by Crippen LogP contribution is -1.94. The lowest BCUT2D eigenvalue weighted by Gasteiger charge is -1.85. The molecular weight excluding hydrogens is 116 g/mol. The van der Waals surface area contributed by atoms with E-state index >= 15 is 0 Å². The van der Waals surface area contributed by atoms with Gasteiger partial charge in [0.2, 0.25) is 0 Å². The molecule has 1 N–H and O–H groups in total. The van der Waals surface area contributed by atoms with Gasteiger partial charge in [0.1, 0.15) is 5.75 Å². The first kappa shape index (κ1) is 6.91. The molecule has 0 aliphatic rings. The Morgan fingerprint density at radius 3 is 2.14 bits per heavy atom. The maximum absolute atomic E-state index is 9.73. The van der Waals surface area contributed by atoms with Gasteiger partial charge in [0.25, 0.3) is 10.1 Å². The van der Waals surface area contributed by atoms with Crippen LogP contribution < -0.4 is 0 Å². The summed E-state index contributed by atoms with van der Waals surface area (Å²) < 4.78 is 27.4. The summed E-state index contributed by atoms with van der Waals surface area (Å²) in [5.41, 5.74) is 0. The fraction of sp³-hybridized carbons (Fsp3) is 0.667. The maximum Gasteiger partial charge on any atom is 0.269 e. The molecule has 0 aliphatic carbocycles. The third kappa shape index (κ3) is 5.91. The summed E-state index contributed by atoms with van der Waals surface area (Å²) in [6, 6.07) is 0. The van der Waals surface area contributed by atoms with Crippen molar-refractivity contribution in [1.82, 2.24) is 0 Å². The zero-order valence-electron chi connectivity index (χ0n) is 3.96. The molecule has 7 heavy (non-hydrogen) atoms. The average molecular weight is 123 g/mol. The summed E-state index contributed by atoms with van der Waals surface area (Å²) >= 11 is 0. The Labute approximate surface area is 43.1 Å². The number of hydrogen-bond donors (Lipinski definition) is 1. The summed E-state index contributed by atoms with van der Waals surface area (Å²) in [5.74, 6) is 0.840. The summed E-state index contributed by atoms with van der Waals surface area (Å²) in [5, 5.41) is 0. The normalized spacial score (nSPS) is 11.7. The van der Waals surface area contributed by atoms with Gasteiger partial charge in [-0.3, -0.25) is 4.55 Å². The van der Waals surface area contributed by atoms with E-state index in [0.717, 1.165) is 5.75 Å². The smallest absolute Gasteiger partial charge is 0.269 e. The van der Waals surface area contributed by atoms with Gasteiger partial charge in [-0.2, -0.15) is 8.42 Å². The van der Waals surface area contributed by atoms with Crippen LogP contribution in [0.25, 0.3) is 0 Å². The van der Waals surface area contributed by atoms with Gasteiger partial charge in [-0.05, 0) is 6.42 Å². The molecule has 0 saturated heterocycles. The van der Waals surface area contributed by atoms with Gasteiger partial charge in [0.05, 0.1) is 0 Å². The zero-order chi connectivity index (χ0) is 5.91. The molecule has 0 rings (SSSR count). The molecule has 3 nitrogen and oxygen atoms in total. The standard InChI is InChI=1S/C3H7O3S/c1-2-3-7(4,5)6/h3H,2H2,1H3,(H,4,5,6). The molecule has 0 atom stereocenters. The Kier molecular flexibility index (Phi) is 2.25. The van der Waals surface area contributed by atoms with E-state index in [1.807, 2.05) is 0 Å². The summed E-state index contributed by atoms with van der Waals surface area (Å²) in [6.45, 7) is 1.63. The van der Waals surface area contributed by atoms with Crippen LogP contribution >= 0.6 is 0 Å². The van der Waals surface area contributed by atoms with Gasteiger partial charge in [-0.25, -0.2) is 0 Å². The minimum Gasteiger partial charge on any atom is -0.285 e. The zero-order valence-corrected chi connectivity index (χ0v) is 4.77. The Morgan fingerprint density at radius 1 is 1.71 bits per heavy atom. The predicted molar refractivity (Wildman–Crippen MR) is 26.1 cm³/mol. The van der Waals surface area contributed by atoms with Crippen LogP contribution in [-0.2, 0) is 10.1 Å². The van der Waals surface area contributed by atoms with Crippen molar-refractivity contribution >= 4 is 10.1 Å². The molecule has 0 unspecified atom stereocenters. The molecule has 0 amide bonds. The number of rotatable bonds is 2. The van der Waals surface area contributed by atoms with Crippen molar-refractivity contribution in [3.8, 4) is 0 Å². The van der Waals surface area contributed by atoms with Crippen molar-refractivity contribution in [3.05, 3.63) is 5.75 Å². The van der Waals surface area contributed by atoms with E-state index in [1.54, 1.807) is 6.92 Å². The van der Waals surface area contributed by atoms with Crippen molar-refractivity contribution in [3.63, 3.8) is 0 Å². The van der Waals surface area contributed by atoms with E-state index in [1.165, 1.54) is 0 Å². The van der Waals surface area contributed by atoms with Gasteiger partial charge in [-0.1, -0.05) is 6.92 Å². The molecule has 0 heterocycles. The highest BCUT2D eigenvalue weighted by Gasteiger charge is 1.99. The van der Waals surface area contributed by atoms with Crippen LogP contribution in [0.1, 0.15) is 13.3 Å². The van der Waals surface area contributed by atoms with Gasteiger partial charge in [0, 0.05) is 0 Å². The Morgan fingerprint density at radius 2 is 2.14 bits per heavy atom. The highest BCUT2D eigenvalue weighted by atomic mass is 32.2. The van der Waals surface area contributed by atoms with Crippen LogP contribution in [0.15, 0.2) is 0 Å². The Balaban J connectivity index is 3.60. The van der Waals surface area contributed by atoms with Gasteiger partial charge in [-0.15, -0.1) is 0 Å². The van der Waals surface area contributed by atoms with Gasteiger partial charge in [0.15, 0.2) is 0 Å². The highest BCUT2D eigenvalue weighted by Crippen LogP contribution is 1.91. The van der Waals surface area contributed by atoms with E-state index in [0.29, 0.717) is 6.42 Å². The summed E-state index contributed by atoms with van der Waals surface area (Å²) in [4.78, 5) is 0. The van der Waals surface area contributed by atoms with Crippen molar-refractivity contribution in [1.29, 1.82) is 0 Å². The van der Waals surface area contributed by atoms with E-state index in [-0.39, 0.29) is 0 Å². The molecular formula is C3H7O3S. The van der Waals surface area contributed by atoms with Gasteiger partial charge >= 0.3 is 0 Å². The SMILES string of the molecule is CC[CH]S(=O)(=O)O. The third-order valence-corrected chi connectivity index (χ3v) is 1.13. The van der Waals surface area contributed by atoms with E-state index in [4.69, 9.17) is 4.55 Å². The molecule has 0 aromatic heterocycles. The fourth-order valence-corrected chi connectivity index (χ4v) is 0.632. The second-order valence-electron chi connectivity index (χ2n) is 1.09. The highest BCUT2D eigenvalue weighted by molar-refractivity contribution is 7.87.